The van der Waals surface area contributed by atoms with Crippen molar-refractivity contribution in [2.75, 3.05) is 39.3 Å². The van der Waals surface area contributed by atoms with Gasteiger partial charge in [-0.1, -0.05) is 36.4 Å². The van der Waals surface area contributed by atoms with Gasteiger partial charge in [-0.05, 0) is 40.3 Å². The number of ether oxygens (including phenoxy) is 3. The molecule has 2 aliphatic rings. The largest absolute Gasteiger partial charge is 0.573 e. The molecule has 3 heterocycles. The van der Waals surface area contributed by atoms with Gasteiger partial charge in [0.15, 0.2) is 0 Å². The second-order valence-electron chi connectivity index (χ2n) is 9.91. The van der Waals surface area contributed by atoms with Crippen LogP contribution < -0.4 is 14.2 Å². The second kappa shape index (κ2) is 12.6. The highest BCUT2D eigenvalue weighted by molar-refractivity contribution is 5.50. The van der Waals surface area contributed by atoms with E-state index in [0.29, 0.717) is 31.9 Å². The van der Waals surface area contributed by atoms with Crippen LogP contribution in [0.25, 0.3) is 6.08 Å². The van der Waals surface area contributed by atoms with E-state index in [2.05, 4.69) is 31.7 Å². The predicted molar refractivity (Wildman–Crippen MR) is 144 cm³/mol. The average Bonchev–Trinajstić information content (AvgIpc) is 3.38. The lowest BCUT2D eigenvalue weighted by molar-refractivity contribution is -0.389. The van der Waals surface area contributed by atoms with Crippen LogP contribution in [0.2, 0.25) is 0 Å². The van der Waals surface area contributed by atoms with Crippen LogP contribution in [0.15, 0.2) is 60.8 Å². The molecule has 0 bridgehead atoms. The minimum absolute atomic E-state index is 0.208. The molecule has 1 atom stereocenters. The van der Waals surface area contributed by atoms with Crippen molar-refractivity contribution in [2.45, 2.75) is 32.0 Å². The van der Waals surface area contributed by atoms with Gasteiger partial charge in [0.25, 0.3) is 0 Å². The molecule has 1 aromatic heterocycles. The number of piperazine rings is 1. The summed E-state index contributed by atoms with van der Waals surface area (Å²) in [4.78, 5) is 18.9. The van der Waals surface area contributed by atoms with Crippen molar-refractivity contribution in [3.8, 4) is 17.5 Å². The molecule has 0 saturated carbocycles. The molecular weight excluding hydrogens is 543 g/mol. The molecule has 0 spiro atoms. The number of hydrogen-bond acceptors (Lipinski definition) is 8. The fourth-order valence-electron chi connectivity index (χ4n) is 4.72. The summed E-state index contributed by atoms with van der Waals surface area (Å²) in [5, 5.41) is 10.9. The number of aromatic nitrogens is 2. The number of nitro groups is 1. The van der Waals surface area contributed by atoms with Crippen LogP contribution in [0.1, 0.15) is 17.5 Å². The lowest BCUT2D eigenvalue weighted by atomic mass is 10.2. The van der Waals surface area contributed by atoms with Gasteiger partial charge in [0.2, 0.25) is 0 Å². The zero-order chi connectivity index (χ0) is 28.8. The summed E-state index contributed by atoms with van der Waals surface area (Å²) in [6.45, 7) is 5.98. The van der Waals surface area contributed by atoms with Crippen molar-refractivity contribution < 1.29 is 32.3 Å². The van der Waals surface area contributed by atoms with E-state index in [1.807, 2.05) is 24.3 Å². The Bertz CT molecular complexity index is 1340. The van der Waals surface area contributed by atoms with Crippen molar-refractivity contribution in [2.24, 2.45) is 0 Å². The summed E-state index contributed by atoms with van der Waals surface area (Å²) in [5.74, 6) is 0.280. The molecule has 0 aliphatic carbocycles. The molecule has 3 aromatic rings. The van der Waals surface area contributed by atoms with E-state index in [1.54, 1.807) is 16.7 Å². The maximum absolute atomic E-state index is 12.3. The fourth-order valence-corrected chi connectivity index (χ4v) is 4.72. The van der Waals surface area contributed by atoms with E-state index < -0.39 is 11.3 Å². The van der Waals surface area contributed by atoms with Gasteiger partial charge in [0.1, 0.15) is 30.4 Å². The Morgan fingerprint density at radius 3 is 2.37 bits per heavy atom. The minimum Gasteiger partial charge on any atom is -0.490 e. The van der Waals surface area contributed by atoms with E-state index in [0.717, 1.165) is 43.9 Å². The molecule has 2 aromatic carbocycles. The molecule has 2 aliphatic heterocycles. The molecular formula is C28H30F3N5O5. The van der Waals surface area contributed by atoms with Crippen LogP contribution in [0.3, 0.4) is 0 Å². The molecule has 41 heavy (non-hydrogen) atoms. The summed E-state index contributed by atoms with van der Waals surface area (Å²) in [5.41, 5.74) is 2.00. The molecule has 0 amide bonds. The Balaban J connectivity index is 0.999. The smallest absolute Gasteiger partial charge is 0.490 e. The molecule has 1 fully saturated rings. The van der Waals surface area contributed by atoms with Crippen LogP contribution in [0.4, 0.5) is 19.0 Å². The number of halogens is 3. The van der Waals surface area contributed by atoms with E-state index >= 15 is 0 Å². The van der Waals surface area contributed by atoms with E-state index in [1.165, 1.54) is 18.3 Å². The first-order valence-electron chi connectivity index (χ1n) is 13.3. The lowest BCUT2D eigenvalue weighted by Crippen LogP contribution is -2.45. The van der Waals surface area contributed by atoms with Gasteiger partial charge in [-0.2, -0.15) is 0 Å². The first kappa shape index (κ1) is 28.4. The molecule has 0 N–H and O–H groups in total. The number of aryl methyl sites for hydroxylation is 1. The average molecular weight is 574 g/mol. The number of nitrogens with zero attached hydrogens (tertiary/aromatic N) is 5. The summed E-state index contributed by atoms with van der Waals surface area (Å²) < 4.78 is 54.1. The van der Waals surface area contributed by atoms with Gasteiger partial charge in [0, 0.05) is 57.2 Å². The van der Waals surface area contributed by atoms with Crippen LogP contribution in [-0.2, 0) is 13.1 Å². The lowest BCUT2D eigenvalue weighted by Gasteiger charge is -2.34. The van der Waals surface area contributed by atoms with Gasteiger partial charge in [-0.3, -0.25) is 14.4 Å². The molecule has 13 heteroatoms. The molecule has 5 rings (SSSR count). The van der Waals surface area contributed by atoms with Crippen LogP contribution >= 0.6 is 0 Å². The van der Waals surface area contributed by atoms with Crippen LogP contribution in [0.5, 0.6) is 17.5 Å². The third-order valence-corrected chi connectivity index (χ3v) is 6.90. The maximum atomic E-state index is 12.3. The van der Waals surface area contributed by atoms with E-state index in [4.69, 9.17) is 9.47 Å². The fraction of sp³-hybridized carbons (Fsp3) is 0.393. The number of alkyl halides is 3. The molecule has 10 nitrogen and oxygen atoms in total. The third kappa shape index (κ3) is 8.21. The van der Waals surface area contributed by atoms with Gasteiger partial charge < -0.3 is 24.3 Å². The Hall–Kier alpha value is -4.10. The van der Waals surface area contributed by atoms with Crippen LogP contribution in [-0.4, -0.2) is 76.1 Å². The predicted octanol–water partition coefficient (Wildman–Crippen LogP) is 4.75. The van der Waals surface area contributed by atoms with Crippen molar-refractivity contribution in [3.63, 3.8) is 0 Å². The van der Waals surface area contributed by atoms with Gasteiger partial charge >= 0.3 is 18.2 Å². The topological polar surface area (TPSA) is 95.1 Å². The highest BCUT2D eigenvalue weighted by atomic mass is 19.4. The van der Waals surface area contributed by atoms with Crippen molar-refractivity contribution in [3.05, 3.63) is 82.0 Å². The Morgan fingerprint density at radius 2 is 1.68 bits per heavy atom. The standard InChI is InChI=1S/C28H30F3N5O5/c29-28(30,31)41-24-9-5-22(6-10-24)18-34-16-14-33(15-17-34)12-1-2-21-3-7-23(8-4-21)39-20-25-11-13-35-19-26(36(37)38)32-27(35)40-25/h1-10,19,25H,11-18,20H2. The van der Waals surface area contributed by atoms with Crippen molar-refractivity contribution >= 4 is 11.9 Å². The Labute approximate surface area is 234 Å². The highest BCUT2D eigenvalue weighted by Crippen LogP contribution is 2.25. The monoisotopic (exact) mass is 573 g/mol. The maximum Gasteiger partial charge on any atom is 0.573 e. The normalized spacial score (nSPS) is 18.2. The highest BCUT2D eigenvalue weighted by Gasteiger charge is 2.31. The van der Waals surface area contributed by atoms with Crippen molar-refractivity contribution in [1.29, 1.82) is 0 Å². The minimum atomic E-state index is -4.68. The van der Waals surface area contributed by atoms with Crippen LogP contribution in [0, 0.1) is 10.1 Å². The quantitative estimate of drug-likeness (QED) is 0.253. The molecule has 1 unspecified atom stereocenters. The summed E-state index contributed by atoms with van der Waals surface area (Å²) in [6, 6.07) is 14.0. The number of benzene rings is 2. The summed E-state index contributed by atoms with van der Waals surface area (Å²) >= 11 is 0. The second-order valence-corrected chi connectivity index (χ2v) is 9.91. The number of imidazole rings is 1. The summed E-state index contributed by atoms with van der Waals surface area (Å²) in [6.07, 6.45) is 1.33. The SMILES string of the molecule is O=[N+]([O-])c1cn2c(n1)OC(COc1ccc(C=CCN3CCN(Cc4ccc(OC(F)(F)F)cc4)CC3)cc1)CC2. The third-order valence-electron chi connectivity index (χ3n) is 6.90. The van der Waals surface area contributed by atoms with Gasteiger partial charge in [-0.25, -0.2) is 0 Å². The number of fused-ring (bicyclic) bond motifs is 1. The van der Waals surface area contributed by atoms with E-state index in [9.17, 15) is 23.3 Å². The van der Waals surface area contributed by atoms with Gasteiger partial charge in [0.05, 0.1) is 0 Å². The molecule has 1 saturated heterocycles. The Morgan fingerprint density at radius 1 is 1.00 bits per heavy atom. The number of hydrogen-bond donors (Lipinski definition) is 0. The van der Waals surface area contributed by atoms with Crippen molar-refractivity contribution in [1.82, 2.24) is 19.4 Å². The summed E-state index contributed by atoms with van der Waals surface area (Å²) in [7, 11) is 0. The zero-order valence-electron chi connectivity index (χ0n) is 22.2. The molecule has 0 radical (unpaired) electrons. The Kier molecular flexibility index (Phi) is 8.74. The zero-order valence-corrected chi connectivity index (χ0v) is 22.2. The van der Waals surface area contributed by atoms with E-state index in [-0.39, 0.29) is 23.7 Å². The number of rotatable bonds is 10. The molecule has 218 valence electrons. The first-order chi connectivity index (χ1) is 19.7. The first-order valence-corrected chi connectivity index (χ1v) is 13.3. The van der Waals surface area contributed by atoms with Gasteiger partial charge in [-0.15, -0.1) is 13.2 Å².